The van der Waals surface area contributed by atoms with Crippen molar-refractivity contribution in [2.75, 3.05) is 19.5 Å². The summed E-state index contributed by atoms with van der Waals surface area (Å²) in [5, 5.41) is 4.24. The fourth-order valence-corrected chi connectivity index (χ4v) is 6.31. The highest BCUT2D eigenvalue weighted by atomic mass is 32.2. The first kappa shape index (κ1) is 23.0. The van der Waals surface area contributed by atoms with Gasteiger partial charge in [-0.1, -0.05) is 23.9 Å². The summed E-state index contributed by atoms with van der Waals surface area (Å²) in [5.74, 6) is 0.0778. The number of nitrogens with one attached hydrogen (secondary N) is 1. The second-order valence-electron chi connectivity index (χ2n) is 8.43. The van der Waals surface area contributed by atoms with E-state index in [9.17, 15) is 9.59 Å². The van der Waals surface area contributed by atoms with E-state index >= 15 is 0 Å². The van der Waals surface area contributed by atoms with Crippen molar-refractivity contribution < 1.29 is 9.53 Å². The van der Waals surface area contributed by atoms with Gasteiger partial charge in [-0.15, -0.1) is 11.3 Å². The Kier molecular flexibility index (Phi) is 7.02. The van der Waals surface area contributed by atoms with Crippen molar-refractivity contribution in [3.8, 4) is 5.69 Å². The number of ether oxygens (including phenoxy) is 1. The Morgan fingerprint density at radius 2 is 2.09 bits per heavy atom. The molecular weight excluding hydrogens is 442 g/mol. The van der Waals surface area contributed by atoms with Crippen LogP contribution in [0.1, 0.15) is 41.3 Å². The van der Waals surface area contributed by atoms with Gasteiger partial charge in [0.2, 0.25) is 5.91 Å². The van der Waals surface area contributed by atoms with E-state index in [-0.39, 0.29) is 23.3 Å². The predicted octanol–water partition coefficient (Wildman–Crippen LogP) is 4.19. The maximum Gasteiger partial charge on any atom is 0.267 e. The molecule has 0 radical (unpaired) electrons. The summed E-state index contributed by atoms with van der Waals surface area (Å²) in [5.41, 5.74) is 4.06. The minimum atomic E-state index is -0.105. The van der Waals surface area contributed by atoms with Crippen LogP contribution in [0.5, 0.6) is 0 Å². The van der Waals surface area contributed by atoms with Crippen LogP contribution >= 0.6 is 23.1 Å². The van der Waals surface area contributed by atoms with Crippen LogP contribution in [0.3, 0.4) is 0 Å². The summed E-state index contributed by atoms with van der Waals surface area (Å²) in [4.78, 5) is 33.3. The van der Waals surface area contributed by atoms with Crippen molar-refractivity contribution >= 4 is 39.2 Å². The number of methoxy groups -OCH3 is 1. The van der Waals surface area contributed by atoms with E-state index in [2.05, 4.69) is 5.32 Å². The first-order valence-electron chi connectivity index (χ1n) is 10.9. The Morgan fingerprint density at radius 1 is 1.31 bits per heavy atom. The van der Waals surface area contributed by atoms with Crippen LogP contribution < -0.4 is 10.9 Å². The second kappa shape index (κ2) is 9.77. The molecule has 1 N–H and O–H groups in total. The minimum absolute atomic E-state index is 0.0289. The molecule has 1 unspecified atom stereocenters. The highest BCUT2D eigenvalue weighted by molar-refractivity contribution is 7.99. The van der Waals surface area contributed by atoms with Gasteiger partial charge in [0.05, 0.1) is 23.4 Å². The van der Waals surface area contributed by atoms with Gasteiger partial charge in [0, 0.05) is 18.0 Å². The summed E-state index contributed by atoms with van der Waals surface area (Å²) in [7, 11) is 1.61. The lowest BCUT2D eigenvalue weighted by atomic mass is 9.97. The maximum absolute atomic E-state index is 13.9. The number of benzene rings is 1. The number of hydrogen-bond acceptors (Lipinski definition) is 6. The van der Waals surface area contributed by atoms with Crippen molar-refractivity contribution in [3.63, 3.8) is 0 Å². The van der Waals surface area contributed by atoms with Gasteiger partial charge >= 0.3 is 0 Å². The number of carbonyl (C=O) groups is 1. The molecule has 0 fully saturated rings. The van der Waals surface area contributed by atoms with Gasteiger partial charge in [-0.25, -0.2) is 4.98 Å². The molecule has 1 aromatic carbocycles. The molecule has 1 atom stereocenters. The summed E-state index contributed by atoms with van der Waals surface area (Å²) in [6.07, 6.45) is 4.22. The van der Waals surface area contributed by atoms with Crippen LogP contribution in [0, 0.1) is 13.8 Å². The summed E-state index contributed by atoms with van der Waals surface area (Å²) in [6, 6.07) is 6.01. The Bertz CT molecular complexity index is 1220. The van der Waals surface area contributed by atoms with Gasteiger partial charge in [0.1, 0.15) is 4.83 Å². The Hall–Kier alpha value is -2.16. The minimum Gasteiger partial charge on any atom is -0.383 e. The number of nitrogens with zero attached hydrogens (tertiary/aromatic N) is 2. The molecule has 2 aromatic heterocycles. The van der Waals surface area contributed by atoms with Crippen molar-refractivity contribution in [1.82, 2.24) is 14.9 Å². The molecule has 6 nitrogen and oxygen atoms in total. The van der Waals surface area contributed by atoms with Gasteiger partial charge in [-0.2, -0.15) is 0 Å². The highest BCUT2D eigenvalue weighted by Gasteiger charge is 2.24. The molecule has 0 spiro atoms. The van der Waals surface area contributed by atoms with Gasteiger partial charge in [-0.05, 0) is 69.2 Å². The van der Waals surface area contributed by atoms with Crippen molar-refractivity contribution in [1.29, 1.82) is 0 Å². The lowest BCUT2D eigenvalue weighted by Crippen LogP contribution is -2.36. The molecule has 0 saturated heterocycles. The van der Waals surface area contributed by atoms with E-state index < -0.39 is 0 Å². The number of carbonyl (C=O) groups excluding carboxylic acids is 1. The second-order valence-corrected chi connectivity index (χ2v) is 10.5. The Balaban J connectivity index is 1.79. The lowest BCUT2D eigenvalue weighted by Gasteiger charge is -2.16. The summed E-state index contributed by atoms with van der Waals surface area (Å²) < 4.78 is 6.81. The van der Waals surface area contributed by atoms with Crippen LogP contribution in [-0.4, -0.2) is 41.0 Å². The number of thiophene rings is 1. The molecule has 0 aliphatic heterocycles. The van der Waals surface area contributed by atoms with E-state index in [0.29, 0.717) is 11.8 Å². The van der Waals surface area contributed by atoms with Gasteiger partial charge < -0.3 is 10.1 Å². The monoisotopic (exact) mass is 471 g/mol. The van der Waals surface area contributed by atoms with E-state index in [1.807, 2.05) is 39.0 Å². The van der Waals surface area contributed by atoms with Crippen molar-refractivity contribution in [2.45, 2.75) is 57.7 Å². The molecule has 3 aromatic rings. The predicted molar refractivity (Wildman–Crippen MR) is 132 cm³/mol. The Morgan fingerprint density at radius 3 is 2.88 bits per heavy atom. The Labute approximate surface area is 196 Å². The third-order valence-electron chi connectivity index (χ3n) is 5.72. The molecule has 1 aliphatic carbocycles. The lowest BCUT2D eigenvalue weighted by molar-refractivity contribution is -0.119. The number of fused-ring (bicyclic) bond motifs is 3. The zero-order valence-electron chi connectivity index (χ0n) is 19.0. The maximum atomic E-state index is 13.9. The molecule has 170 valence electrons. The van der Waals surface area contributed by atoms with Gasteiger partial charge in [-0.3, -0.25) is 14.2 Å². The van der Waals surface area contributed by atoms with Crippen molar-refractivity contribution in [3.05, 3.63) is 50.1 Å². The number of hydrogen-bond donors (Lipinski definition) is 1. The summed E-state index contributed by atoms with van der Waals surface area (Å²) >= 11 is 2.94. The average molecular weight is 472 g/mol. The SMILES string of the molecule is COCC(C)NC(=O)CSc1nc2sc3c(c2c(=O)n1-c1cc(C)ccc1C)CCCC3. The quantitative estimate of drug-likeness (QED) is 0.413. The van der Waals surface area contributed by atoms with E-state index in [1.165, 1.54) is 22.2 Å². The topological polar surface area (TPSA) is 73.2 Å². The molecular formula is C24H29N3O3S2. The molecule has 1 amide bonds. The highest BCUT2D eigenvalue weighted by Crippen LogP contribution is 2.35. The number of rotatable bonds is 7. The van der Waals surface area contributed by atoms with E-state index in [1.54, 1.807) is 23.0 Å². The fraction of sp³-hybridized carbons (Fsp3) is 0.458. The van der Waals surface area contributed by atoms with Crippen LogP contribution in [0.4, 0.5) is 0 Å². The molecule has 4 rings (SSSR count). The molecule has 0 saturated carbocycles. The first-order valence-corrected chi connectivity index (χ1v) is 12.7. The molecule has 0 bridgehead atoms. The van der Waals surface area contributed by atoms with Crippen LogP contribution in [0.15, 0.2) is 28.2 Å². The van der Waals surface area contributed by atoms with Crippen molar-refractivity contribution in [2.24, 2.45) is 0 Å². The normalized spacial score (nSPS) is 14.4. The number of amides is 1. The zero-order valence-corrected chi connectivity index (χ0v) is 20.6. The van der Waals surface area contributed by atoms with Crippen LogP contribution in [0.2, 0.25) is 0 Å². The number of aryl methyl sites for hydroxylation is 4. The van der Waals surface area contributed by atoms with Crippen LogP contribution in [0.25, 0.3) is 15.9 Å². The third kappa shape index (κ3) is 4.63. The molecule has 32 heavy (non-hydrogen) atoms. The smallest absolute Gasteiger partial charge is 0.267 e. The molecule has 1 aliphatic rings. The van der Waals surface area contributed by atoms with Gasteiger partial charge in [0.15, 0.2) is 5.16 Å². The summed E-state index contributed by atoms with van der Waals surface area (Å²) in [6.45, 7) is 6.37. The first-order chi connectivity index (χ1) is 15.4. The standard InChI is InChI=1S/C24H29N3O3S2/c1-14-9-10-15(2)18(11-14)27-23(29)21-17-7-5-6-8-19(17)32-22(21)26-24(27)31-13-20(28)25-16(3)12-30-4/h9-11,16H,5-8,12-13H2,1-4H3,(H,25,28). The van der Waals surface area contributed by atoms with Crippen LogP contribution in [-0.2, 0) is 22.4 Å². The number of aromatic nitrogens is 2. The third-order valence-corrected chi connectivity index (χ3v) is 7.84. The fourth-order valence-electron chi connectivity index (χ4n) is 4.19. The number of thioether (sulfide) groups is 1. The molecule has 2 heterocycles. The zero-order chi connectivity index (χ0) is 22.8. The van der Waals surface area contributed by atoms with Gasteiger partial charge in [0.25, 0.3) is 5.56 Å². The largest absolute Gasteiger partial charge is 0.383 e. The van der Waals surface area contributed by atoms with E-state index in [0.717, 1.165) is 52.7 Å². The molecule has 8 heteroatoms. The average Bonchev–Trinajstić information content (AvgIpc) is 3.13. The van der Waals surface area contributed by atoms with E-state index in [4.69, 9.17) is 9.72 Å².